The maximum Gasteiger partial charge on any atom is 0.228 e. The number of benzene rings is 4. The number of aromatic nitrogens is 1. The normalized spacial score (nSPS) is 13.1. The average molecular weight is 578 g/mol. The van der Waals surface area contributed by atoms with Crippen molar-refractivity contribution >= 4 is 33.4 Å². The van der Waals surface area contributed by atoms with E-state index in [-0.39, 0.29) is 17.8 Å². The van der Waals surface area contributed by atoms with Crippen LogP contribution in [0.2, 0.25) is 0 Å². The number of rotatable bonds is 9. The van der Waals surface area contributed by atoms with Gasteiger partial charge in [-0.1, -0.05) is 30.3 Å². The summed E-state index contributed by atoms with van der Waals surface area (Å²) < 4.78 is 16.4. The number of hydrogen-bond acceptors (Lipinski definition) is 6. The van der Waals surface area contributed by atoms with Crippen LogP contribution in [0, 0.1) is 0 Å². The van der Waals surface area contributed by atoms with E-state index in [1.807, 2.05) is 30.3 Å². The molecule has 2 heterocycles. The van der Waals surface area contributed by atoms with E-state index >= 15 is 0 Å². The van der Waals surface area contributed by atoms with E-state index in [4.69, 9.17) is 14.2 Å². The lowest BCUT2D eigenvalue weighted by Crippen LogP contribution is -2.32. The molecule has 4 aromatic carbocycles. The Morgan fingerprint density at radius 2 is 1.51 bits per heavy atom. The van der Waals surface area contributed by atoms with Crippen molar-refractivity contribution in [2.45, 2.75) is 25.8 Å². The van der Waals surface area contributed by atoms with Crippen LogP contribution < -0.4 is 25.0 Å². The van der Waals surface area contributed by atoms with Gasteiger partial charge in [-0.25, -0.2) is 0 Å². The van der Waals surface area contributed by atoms with Crippen molar-refractivity contribution in [1.82, 2.24) is 9.88 Å². The third-order valence-electron chi connectivity index (χ3n) is 8.24. The molecule has 8 nitrogen and oxygen atoms in total. The summed E-state index contributed by atoms with van der Waals surface area (Å²) in [4.78, 5) is 32.0. The topological polar surface area (TPSA) is 92.9 Å². The number of carbonyl (C=O) groups is 1. The number of fused-ring (bicyclic) bond motifs is 3. The number of nitrogens with one attached hydrogen (secondary N) is 2. The van der Waals surface area contributed by atoms with Crippen molar-refractivity contribution < 1.29 is 19.0 Å². The third kappa shape index (κ3) is 5.79. The number of methoxy groups -OCH3 is 3. The van der Waals surface area contributed by atoms with Crippen LogP contribution >= 0.6 is 0 Å². The molecule has 0 bridgehead atoms. The van der Waals surface area contributed by atoms with E-state index in [0.29, 0.717) is 27.6 Å². The zero-order valence-corrected chi connectivity index (χ0v) is 24.7. The molecular formula is C35H35N3O5. The number of pyridine rings is 1. The molecule has 8 heteroatoms. The third-order valence-corrected chi connectivity index (χ3v) is 8.24. The largest absolute Gasteiger partial charge is 0.495 e. The van der Waals surface area contributed by atoms with Crippen LogP contribution in [0.5, 0.6) is 17.2 Å². The van der Waals surface area contributed by atoms with Gasteiger partial charge in [-0.3, -0.25) is 14.5 Å². The van der Waals surface area contributed by atoms with Crippen molar-refractivity contribution in [3.8, 4) is 17.2 Å². The fraction of sp³-hybridized carbons (Fsp3) is 0.257. The number of para-hydroxylation sites is 2. The van der Waals surface area contributed by atoms with E-state index in [1.165, 1.54) is 16.7 Å². The van der Waals surface area contributed by atoms with Crippen molar-refractivity contribution in [1.29, 1.82) is 0 Å². The molecule has 0 radical (unpaired) electrons. The van der Waals surface area contributed by atoms with Crippen molar-refractivity contribution in [2.75, 3.05) is 39.7 Å². The van der Waals surface area contributed by atoms with Crippen LogP contribution in [0.15, 0.2) is 77.6 Å². The molecule has 0 saturated carbocycles. The van der Waals surface area contributed by atoms with Gasteiger partial charge in [0.15, 0.2) is 16.9 Å². The second-order valence-electron chi connectivity index (χ2n) is 10.9. The Labute approximate surface area is 250 Å². The molecule has 0 spiro atoms. The van der Waals surface area contributed by atoms with Crippen LogP contribution in [-0.2, 0) is 30.6 Å². The number of amides is 1. The number of aromatic amines is 1. The van der Waals surface area contributed by atoms with E-state index in [0.717, 1.165) is 55.2 Å². The van der Waals surface area contributed by atoms with Gasteiger partial charge in [0.05, 0.1) is 38.8 Å². The van der Waals surface area contributed by atoms with Gasteiger partial charge in [-0.15, -0.1) is 0 Å². The average Bonchev–Trinajstić information content (AvgIpc) is 3.04. The zero-order chi connectivity index (χ0) is 29.9. The quantitative estimate of drug-likeness (QED) is 0.225. The standard InChI is InChI=1S/C35H35N3O5/c1-41-29-9-5-8-28-34(29)37-33-24(6-4-7-27(33)35(28)40)20-32(39)36-26-12-10-22(11-13-26)14-16-38-17-15-23-18-30(42-2)31(43-3)19-25(23)21-38/h4-13,18-19H,14-17,20-21H2,1-3H3,(H,36,39)(H,37,40). The summed E-state index contributed by atoms with van der Waals surface area (Å²) in [6.45, 7) is 2.82. The van der Waals surface area contributed by atoms with Gasteiger partial charge >= 0.3 is 0 Å². The number of hydrogen-bond donors (Lipinski definition) is 2. The van der Waals surface area contributed by atoms with Gasteiger partial charge in [0.1, 0.15) is 5.75 Å². The summed E-state index contributed by atoms with van der Waals surface area (Å²) in [6.07, 6.45) is 2.02. The number of H-pyrrole nitrogens is 1. The summed E-state index contributed by atoms with van der Waals surface area (Å²) in [7, 11) is 4.91. The van der Waals surface area contributed by atoms with Crippen molar-refractivity contribution in [3.05, 3.63) is 105 Å². The van der Waals surface area contributed by atoms with Crippen LogP contribution in [-0.4, -0.2) is 50.2 Å². The van der Waals surface area contributed by atoms with Gasteiger partial charge in [0, 0.05) is 36.1 Å². The molecular weight excluding hydrogens is 542 g/mol. The van der Waals surface area contributed by atoms with Crippen molar-refractivity contribution in [3.63, 3.8) is 0 Å². The Bertz CT molecular complexity index is 1860. The number of anilines is 1. The number of nitrogens with zero attached hydrogens (tertiary/aromatic N) is 1. The molecule has 0 unspecified atom stereocenters. The fourth-order valence-electron chi connectivity index (χ4n) is 5.93. The van der Waals surface area contributed by atoms with Gasteiger partial charge in [0.25, 0.3) is 0 Å². The van der Waals surface area contributed by atoms with E-state index in [9.17, 15) is 9.59 Å². The second-order valence-corrected chi connectivity index (χ2v) is 10.9. The van der Waals surface area contributed by atoms with Gasteiger partial charge in [-0.05, 0) is 77.6 Å². The first kappa shape index (κ1) is 28.3. The van der Waals surface area contributed by atoms with Crippen molar-refractivity contribution in [2.24, 2.45) is 0 Å². The van der Waals surface area contributed by atoms with E-state index in [1.54, 1.807) is 39.5 Å². The summed E-state index contributed by atoms with van der Waals surface area (Å²) >= 11 is 0. The minimum atomic E-state index is -0.153. The lowest BCUT2D eigenvalue weighted by atomic mass is 9.98. The molecule has 1 aliphatic rings. The number of carbonyl (C=O) groups excluding carboxylic acids is 1. The number of ether oxygens (including phenoxy) is 3. The molecule has 2 N–H and O–H groups in total. The highest BCUT2D eigenvalue weighted by Crippen LogP contribution is 2.33. The maximum absolute atomic E-state index is 13.2. The molecule has 0 fully saturated rings. The van der Waals surface area contributed by atoms with Gasteiger partial charge in [0.2, 0.25) is 5.91 Å². The highest BCUT2D eigenvalue weighted by Gasteiger charge is 2.19. The van der Waals surface area contributed by atoms with E-state index in [2.05, 4.69) is 39.5 Å². The predicted molar refractivity (Wildman–Crippen MR) is 170 cm³/mol. The van der Waals surface area contributed by atoms with E-state index < -0.39 is 0 Å². The maximum atomic E-state index is 13.2. The lowest BCUT2D eigenvalue weighted by molar-refractivity contribution is -0.115. The SMILES string of the molecule is COc1cc2c(cc1OC)CN(CCc1ccc(NC(=O)Cc3cccc4c(=O)c5cccc(OC)c5[nH]c34)cc1)CC2. The first-order valence-electron chi connectivity index (χ1n) is 14.4. The Kier molecular flexibility index (Phi) is 8.03. The molecule has 0 saturated heterocycles. The molecule has 220 valence electrons. The molecule has 1 amide bonds. The molecule has 0 atom stereocenters. The Morgan fingerprint density at radius 1 is 0.837 bits per heavy atom. The second kappa shape index (κ2) is 12.2. The van der Waals surface area contributed by atoms with Crippen LogP contribution in [0.25, 0.3) is 21.8 Å². The molecule has 43 heavy (non-hydrogen) atoms. The zero-order valence-electron chi connectivity index (χ0n) is 24.7. The molecule has 5 aromatic rings. The summed E-state index contributed by atoms with van der Waals surface area (Å²) in [6, 6.07) is 23.1. The fourth-order valence-corrected chi connectivity index (χ4v) is 5.93. The first-order chi connectivity index (χ1) is 21.0. The Morgan fingerprint density at radius 3 is 2.23 bits per heavy atom. The summed E-state index contributed by atoms with van der Waals surface area (Å²) in [5.74, 6) is 1.98. The Balaban J connectivity index is 1.09. The molecule has 1 aromatic heterocycles. The lowest BCUT2D eigenvalue weighted by Gasteiger charge is -2.29. The monoisotopic (exact) mass is 577 g/mol. The minimum absolute atomic E-state index is 0.0887. The molecule has 1 aliphatic heterocycles. The smallest absolute Gasteiger partial charge is 0.228 e. The highest BCUT2D eigenvalue weighted by molar-refractivity contribution is 5.99. The summed E-state index contributed by atoms with van der Waals surface area (Å²) in [5.41, 5.74) is 6.48. The first-order valence-corrected chi connectivity index (χ1v) is 14.4. The molecule has 6 rings (SSSR count). The van der Waals surface area contributed by atoms with Gasteiger partial charge in [-0.2, -0.15) is 0 Å². The van der Waals surface area contributed by atoms with Gasteiger partial charge < -0.3 is 24.5 Å². The predicted octanol–water partition coefficient (Wildman–Crippen LogP) is 5.49. The van der Waals surface area contributed by atoms with Crippen LogP contribution in [0.1, 0.15) is 22.3 Å². The van der Waals surface area contributed by atoms with Crippen LogP contribution in [0.3, 0.4) is 0 Å². The summed E-state index contributed by atoms with van der Waals surface area (Å²) in [5, 5.41) is 4.11. The minimum Gasteiger partial charge on any atom is -0.495 e. The Hall–Kier alpha value is -4.82. The molecule has 0 aliphatic carbocycles. The highest BCUT2D eigenvalue weighted by atomic mass is 16.5. The van der Waals surface area contributed by atoms with Crippen LogP contribution in [0.4, 0.5) is 5.69 Å².